The van der Waals surface area contributed by atoms with E-state index in [4.69, 9.17) is 0 Å². The Balaban J connectivity index is 1.23. The van der Waals surface area contributed by atoms with Crippen molar-refractivity contribution in [3.05, 3.63) is 211 Å². The Kier molecular flexibility index (Phi) is 7.97. The molecule has 0 spiro atoms. The third-order valence-electron chi connectivity index (χ3n) is 11.2. The molecular formula is C52H37OP. The van der Waals surface area contributed by atoms with E-state index in [1.54, 1.807) is 0 Å². The van der Waals surface area contributed by atoms with Crippen molar-refractivity contribution in [2.75, 3.05) is 0 Å². The molecule has 9 aromatic carbocycles. The molecule has 0 atom stereocenters. The van der Waals surface area contributed by atoms with Crippen molar-refractivity contribution in [1.82, 2.24) is 0 Å². The van der Waals surface area contributed by atoms with Crippen LogP contribution in [0.1, 0.15) is 18.4 Å². The summed E-state index contributed by atoms with van der Waals surface area (Å²) < 4.78 is 15.5. The average Bonchev–Trinajstić information content (AvgIpc) is 3.25. The van der Waals surface area contributed by atoms with Crippen LogP contribution in [0.3, 0.4) is 0 Å². The van der Waals surface area contributed by atoms with E-state index in [-0.39, 0.29) is 0 Å². The minimum atomic E-state index is -3.07. The fraction of sp³-hybridized carbons (Fsp3) is 0.0385. The van der Waals surface area contributed by atoms with Gasteiger partial charge in [0.15, 0.2) is 7.14 Å². The van der Waals surface area contributed by atoms with Crippen LogP contribution in [-0.2, 0) is 4.57 Å². The second-order valence-electron chi connectivity index (χ2n) is 14.3. The van der Waals surface area contributed by atoms with Crippen LogP contribution in [0.2, 0.25) is 0 Å². The molecule has 0 aromatic heterocycles. The van der Waals surface area contributed by atoms with Crippen LogP contribution in [0.25, 0.3) is 70.9 Å². The van der Waals surface area contributed by atoms with Crippen molar-refractivity contribution in [2.24, 2.45) is 0 Å². The zero-order valence-electron chi connectivity index (χ0n) is 29.8. The van der Waals surface area contributed by atoms with Crippen molar-refractivity contribution in [2.45, 2.75) is 12.8 Å². The molecule has 0 fully saturated rings. The summed E-state index contributed by atoms with van der Waals surface area (Å²) in [5.74, 6) is 0. The van der Waals surface area contributed by atoms with Gasteiger partial charge in [0.25, 0.3) is 0 Å². The maximum atomic E-state index is 15.5. The van der Waals surface area contributed by atoms with Gasteiger partial charge in [0.2, 0.25) is 0 Å². The maximum absolute atomic E-state index is 15.5. The summed E-state index contributed by atoms with van der Waals surface area (Å²) in [4.78, 5) is 0. The fourth-order valence-electron chi connectivity index (χ4n) is 8.56. The average molecular weight is 709 g/mol. The van der Waals surface area contributed by atoms with E-state index in [1.165, 1.54) is 65.3 Å². The summed E-state index contributed by atoms with van der Waals surface area (Å²) in [5.41, 5.74) is 7.14. The van der Waals surface area contributed by atoms with E-state index in [1.807, 2.05) is 60.7 Å². The Labute approximate surface area is 315 Å². The van der Waals surface area contributed by atoms with Gasteiger partial charge in [-0.3, -0.25) is 0 Å². The van der Waals surface area contributed by atoms with Crippen LogP contribution in [-0.4, -0.2) is 0 Å². The van der Waals surface area contributed by atoms with Gasteiger partial charge >= 0.3 is 0 Å². The molecular weight excluding hydrogens is 672 g/mol. The number of benzene rings is 9. The lowest BCUT2D eigenvalue weighted by Gasteiger charge is -2.25. The highest BCUT2D eigenvalue weighted by Gasteiger charge is 2.32. The number of hydrogen-bond donors (Lipinski definition) is 0. The molecule has 0 heterocycles. The van der Waals surface area contributed by atoms with Crippen LogP contribution in [0, 0.1) is 0 Å². The van der Waals surface area contributed by atoms with Gasteiger partial charge in [-0.15, -0.1) is 0 Å². The molecule has 54 heavy (non-hydrogen) atoms. The summed E-state index contributed by atoms with van der Waals surface area (Å²) in [5, 5.41) is 12.6. The van der Waals surface area contributed by atoms with E-state index < -0.39 is 7.14 Å². The molecule has 0 saturated carbocycles. The first kappa shape index (κ1) is 32.4. The van der Waals surface area contributed by atoms with Crippen LogP contribution in [0.5, 0.6) is 0 Å². The predicted octanol–water partition coefficient (Wildman–Crippen LogP) is 13.7. The van der Waals surface area contributed by atoms with Crippen LogP contribution in [0.15, 0.2) is 206 Å². The molecule has 9 aromatic rings. The molecule has 1 aliphatic rings. The summed E-state index contributed by atoms with van der Waals surface area (Å²) in [6.45, 7) is 0. The Morgan fingerprint density at radius 1 is 0.389 bits per heavy atom. The standard InChI is InChI=1S/C52H37OP/c53-54(44-19-3-1-4-20-44,45-21-5-2-6-22-45)46-23-13-18-40(34-46)41-30-31-49-50(35-41)52(43-29-27-37-15-8-10-17-39(37)33-43)48-25-12-11-24-47(48)51(49)42-28-26-36-14-7-9-16-38(36)32-42/h1-12,14-22,24-35H,13,23H2. The SMILES string of the molecule is O=P(C1=CC(c2ccc3c(-c4ccc5ccccc5c4)c4ccccc4c(-c4ccc5ccccc5c4)c3c2)=CCC1)(c1ccccc1)c1ccccc1. The maximum Gasteiger partial charge on any atom is 0.167 e. The summed E-state index contributed by atoms with van der Waals surface area (Å²) in [6.07, 6.45) is 6.15. The molecule has 1 nitrogen and oxygen atoms in total. The van der Waals surface area contributed by atoms with Gasteiger partial charge in [-0.05, 0) is 119 Å². The zero-order chi connectivity index (χ0) is 36.1. The van der Waals surface area contributed by atoms with Gasteiger partial charge in [-0.25, -0.2) is 0 Å². The first-order chi connectivity index (χ1) is 26.6. The first-order valence-corrected chi connectivity index (χ1v) is 20.5. The van der Waals surface area contributed by atoms with Gasteiger partial charge in [-0.2, -0.15) is 0 Å². The molecule has 1 aliphatic carbocycles. The van der Waals surface area contributed by atoms with Crippen molar-refractivity contribution < 1.29 is 4.57 Å². The largest absolute Gasteiger partial charge is 0.309 e. The summed E-state index contributed by atoms with van der Waals surface area (Å²) in [7, 11) is -3.07. The quantitative estimate of drug-likeness (QED) is 0.124. The minimum Gasteiger partial charge on any atom is -0.309 e. The Morgan fingerprint density at radius 3 is 1.43 bits per heavy atom. The number of hydrogen-bond acceptors (Lipinski definition) is 1. The highest BCUT2D eigenvalue weighted by atomic mass is 31.2. The van der Waals surface area contributed by atoms with Crippen LogP contribution < -0.4 is 10.6 Å². The van der Waals surface area contributed by atoms with Crippen molar-refractivity contribution >= 4 is 66.4 Å². The zero-order valence-corrected chi connectivity index (χ0v) is 30.7. The molecule has 2 heteroatoms. The van der Waals surface area contributed by atoms with Crippen molar-refractivity contribution in [3.63, 3.8) is 0 Å². The van der Waals surface area contributed by atoms with Crippen LogP contribution >= 0.6 is 7.14 Å². The molecule has 0 saturated heterocycles. The van der Waals surface area contributed by atoms with Gasteiger partial charge < -0.3 is 4.57 Å². The highest BCUT2D eigenvalue weighted by Crippen LogP contribution is 2.55. The molecule has 0 radical (unpaired) electrons. The summed E-state index contributed by atoms with van der Waals surface area (Å²) >= 11 is 0. The fourth-order valence-corrected chi connectivity index (χ4v) is 11.5. The molecule has 0 amide bonds. The second-order valence-corrected chi connectivity index (χ2v) is 17.1. The van der Waals surface area contributed by atoms with E-state index in [0.717, 1.165) is 39.9 Å². The first-order valence-electron chi connectivity index (χ1n) is 18.7. The van der Waals surface area contributed by atoms with Gasteiger partial charge in [-0.1, -0.05) is 176 Å². The van der Waals surface area contributed by atoms with Gasteiger partial charge in [0.05, 0.1) is 0 Å². The van der Waals surface area contributed by atoms with E-state index in [9.17, 15) is 0 Å². The Morgan fingerprint density at radius 2 is 0.852 bits per heavy atom. The Bertz CT molecular complexity index is 2970. The number of rotatable bonds is 6. The highest BCUT2D eigenvalue weighted by molar-refractivity contribution is 7.82. The molecule has 0 N–H and O–H groups in total. The van der Waals surface area contributed by atoms with Crippen LogP contribution in [0.4, 0.5) is 0 Å². The topological polar surface area (TPSA) is 17.1 Å². The lowest BCUT2D eigenvalue weighted by molar-refractivity contribution is 0.589. The molecule has 256 valence electrons. The molecule has 0 unspecified atom stereocenters. The molecule has 0 bridgehead atoms. The Hall–Kier alpha value is -6.27. The normalized spacial score (nSPS) is 13.3. The van der Waals surface area contributed by atoms with E-state index >= 15 is 4.57 Å². The van der Waals surface area contributed by atoms with Gasteiger partial charge in [0, 0.05) is 10.6 Å². The molecule has 10 rings (SSSR count). The van der Waals surface area contributed by atoms with E-state index in [2.05, 4.69) is 140 Å². The molecule has 0 aliphatic heterocycles. The van der Waals surface area contributed by atoms with Crippen molar-refractivity contribution in [3.8, 4) is 22.3 Å². The summed E-state index contributed by atoms with van der Waals surface area (Å²) in [6, 6.07) is 66.9. The smallest absolute Gasteiger partial charge is 0.167 e. The third-order valence-corrected chi connectivity index (χ3v) is 14.4. The van der Waals surface area contributed by atoms with E-state index in [0.29, 0.717) is 0 Å². The predicted molar refractivity (Wildman–Crippen MR) is 232 cm³/mol. The van der Waals surface area contributed by atoms with Gasteiger partial charge in [0.1, 0.15) is 0 Å². The van der Waals surface area contributed by atoms with Crippen molar-refractivity contribution in [1.29, 1.82) is 0 Å². The lowest BCUT2D eigenvalue weighted by Crippen LogP contribution is -2.18. The number of fused-ring (bicyclic) bond motifs is 4. The number of allylic oxidation sites excluding steroid dienone is 4. The third kappa shape index (κ3) is 5.44. The minimum absolute atomic E-state index is 0.761. The monoisotopic (exact) mass is 708 g/mol. The second kappa shape index (κ2) is 13.3. The lowest BCUT2D eigenvalue weighted by atomic mass is 9.84.